The van der Waals surface area contributed by atoms with Crippen LogP contribution < -0.4 is 10.2 Å². The smallest absolute Gasteiger partial charge is 0.364 e. The Morgan fingerprint density at radius 2 is 1.65 bits per heavy atom. The maximum Gasteiger partial charge on any atom is 0.435 e. The van der Waals surface area contributed by atoms with Crippen LogP contribution in [0.15, 0.2) is 18.2 Å². The molecule has 1 amide bonds. The Balaban J connectivity index is 0.00000166. The molecule has 1 aromatic heterocycles. The van der Waals surface area contributed by atoms with E-state index >= 15 is 0 Å². The summed E-state index contributed by atoms with van der Waals surface area (Å²) in [6.07, 6.45) is -4.01. The van der Waals surface area contributed by atoms with E-state index in [1.807, 2.05) is 65.5 Å². The highest BCUT2D eigenvalue weighted by Gasteiger charge is 2.35. The first-order valence-corrected chi connectivity index (χ1v) is 10.6. The monoisotopic (exact) mass is 438 g/mol. The summed E-state index contributed by atoms with van der Waals surface area (Å²) in [4.78, 5) is 14.4. The Morgan fingerprint density at radius 3 is 2.16 bits per heavy atom. The minimum atomic E-state index is -4.44. The number of nitrogens with zero attached hydrogens (tertiary/aromatic N) is 3. The quantitative estimate of drug-likeness (QED) is 0.645. The number of aromatic nitrogens is 2. The molecule has 0 unspecified atom stereocenters. The average Bonchev–Trinajstić information content (AvgIpc) is 3.08. The first-order chi connectivity index (χ1) is 14.3. The van der Waals surface area contributed by atoms with Gasteiger partial charge in [-0.3, -0.25) is 9.48 Å². The molecular formula is C23H33F3N4O. The van der Waals surface area contributed by atoms with Crippen LogP contribution in [0, 0.1) is 19.3 Å². The highest BCUT2D eigenvalue weighted by molar-refractivity contribution is 5.93. The van der Waals surface area contributed by atoms with E-state index in [4.69, 9.17) is 0 Å². The number of amides is 1. The van der Waals surface area contributed by atoms with Crippen LogP contribution in [0.2, 0.25) is 0 Å². The van der Waals surface area contributed by atoms with Crippen LogP contribution in [0.25, 0.3) is 0 Å². The second-order valence-electron chi connectivity index (χ2n) is 8.90. The lowest BCUT2D eigenvalue weighted by Crippen LogP contribution is -2.34. The predicted octanol–water partition coefficient (Wildman–Crippen LogP) is 5.94. The molecule has 0 radical (unpaired) electrons. The Morgan fingerprint density at radius 1 is 1.06 bits per heavy atom. The number of rotatable bonds is 3. The van der Waals surface area contributed by atoms with Gasteiger partial charge in [-0.15, -0.1) is 0 Å². The molecule has 0 saturated carbocycles. The average molecular weight is 439 g/mol. The minimum Gasteiger partial charge on any atom is -0.364 e. The molecule has 0 aliphatic carbocycles. The van der Waals surface area contributed by atoms with Gasteiger partial charge in [-0.2, -0.15) is 18.3 Å². The fourth-order valence-corrected chi connectivity index (χ4v) is 3.61. The molecule has 2 aromatic rings. The van der Waals surface area contributed by atoms with E-state index in [2.05, 4.69) is 10.4 Å². The molecule has 1 aromatic carbocycles. The second kappa shape index (κ2) is 9.32. The van der Waals surface area contributed by atoms with Gasteiger partial charge >= 0.3 is 6.18 Å². The second-order valence-corrected chi connectivity index (χ2v) is 8.90. The molecule has 1 N–H and O–H groups in total. The molecule has 5 nitrogen and oxygen atoms in total. The van der Waals surface area contributed by atoms with Crippen molar-refractivity contribution in [3.05, 3.63) is 40.7 Å². The van der Waals surface area contributed by atoms with Gasteiger partial charge in [-0.05, 0) is 48.6 Å². The minimum absolute atomic E-state index is 0.0296. The molecule has 1 aliphatic heterocycles. The molecule has 0 saturated heterocycles. The lowest BCUT2D eigenvalue weighted by atomic mass is 9.92. The summed E-state index contributed by atoms with van der Waals surface area (Å²) >= 11 is 0. The van der Waals surface area contributed by atoms with Crippen molar-refractivity contribution in [2.24, 2.45) is 5.41 Å². The highest BCUT2D eigenvalue weighted by atomic mass is 19.4. The Hall–Kier alpha value is -2.51. The van der Waals surface area contributed by atoms with E-state index in [0.717, 1.165) is 28.6 Å². The zero-order chi connectivity index (χ0) is 23.6. The number of fused-ring (bicyclic) bond motifs is 1. The number of alkyl halides is 3. The van der Waals surface area contributed by atoms with E-state index in [1.165, 1.54) is 4.68 Å². The third kappa shape index (κ3) is 6.24. The summed E-state index contributed by atoms with van der Waals surface area (Å²) in [5.74, 6) is -0.0296. The van der Waals surface area contributed by atoms with Crippen LogP contribution in [0.1, 0.15) is 63.6 Å². The maximum atomic E-state index is 12.9. The predicted molar refractivity (Wildman–Crippen MR) is 118 cm³/mol. The number of benzene rings is 1. The van der Waals surface area contributed by atoms with Gasteiger partial charge in [0.05, 0.1) is 18.8 Å². The van der Waals surface area contributed by atoms with E-state index < -0.39 is 11.9 Å². The largest absolute Gasteiger partial charge is 0.435 e. The molecule has 2 heterocycles. The van der Waals surface area contributed by atoms with Crippen molar-refractivity contribution < 1.29 is 18.0 Å². The molecule has 0 bridgehead atoms. The van der Waals surface area contributed by atoms with Crippen LogP contribution in [0.3, 0.4) is 0 Å². The fourth-order valence-electron chi connectivity index (χ4n) is 3.61. The first-order valence-electron chi connectivity index (χ1n) is 10.6. The third-order valence-corrected chi connectivity index (χ3v) is 4.93. The number of halogens is 3. The number of anilines is 2. The highest BCUT2D eigenvalue weighted by Crippen LogP contribution is 2.33. The van der Waals surface area contributed by atoms with Gasteiger partial charge < -0.3 is 10.2 Å². The molecule has 8 heteroatoms. The number of hydrogen-bond acceptors (Lipinski definition) is 3. The summed E-state index contributed by atoms with van der Waals surface area (Å²) in [5.41, 5.74) is 3.17. The number of carbonyl (C=O) groups is 1. The number of nitrogens with one attached hydrogen (secondary N) is 1. The van der Waals surface area contributed by atoms with E-state index in [9.17, 15) is 18.0 Å². The van der Waals surface area contributed by atoms with Gasteiger partial charge in [0.1, 0.15) is 0 Å². The lowest BCUT2D eigenvalue weighted by Gasteiger charge is -2.30. The summed E-state index contributed by atoms with van der Waals surface area (Å²) in [6.45, 7) is 15.2. The van der Waals surface area contributed by atoms with Gasteiger partial charge in [0.25, 0.3) is 0 Å². The molecule has 172 valence electrons. The Bertz CT molecular complexity index is 903. The molecule has 0 fully saturated rings. The van der Waals surface area contributed by atoms with E-state index in [1.54, 1.807) is 0 Å². The van der Waals surface area contributed by atoms with Crippen molar-refractivity contribution in [1.82, 2.24) is 9.78 Å². The van der Waals surface area contributed by atoms with Crippen molar-refractivity contribution in [3.63, 3.8) is 0 Å². The first kappa shape index (κ1) is 24.8. The number of carbonyl (C=O) groups excluding carboxylic acids is 1. The molecule has 0 atom stereocenters. The van der Waals surface area contributed by atoms with Crippen LogP contribution in [-0.4, -0.2) is 22.2 Å². The fraction of sp³-hybridized carbons (Fsp3) is 0.565. The molecule has 31 heavy (non-hydrogen) atoms. The van der Waals surface area contributed by atoms with Gasteiger partial charge in [0.2, 0.25) is 5.91 Å². The van der Waals surface area contributed by atoms with Gasteiger partial charge in [-0.1, -0.05) is 34.6 Å². The normalized spacial score (nSPS) is 13.9. The lowest BCUT2D eigenvalue weighted by molar-refractivity contribution is -0.141. The summed E-state index contributed by atoms with van der Waals surface area (Å²) in [5, 5.41) is 6.68. The van der Waals surface area contributed by atoms with Crippen LogP contribution in [0.5, 0.6) is 0 Å². The summed E-state index contributed by atoms with van der Waals surface area (Å²) in [6, 6.07) is 5.06. The van der Waals surface area contributed by atoms with Crippen LogP contribution >= 0.6 is 0 Å². The number of hydrogen-bond donors (Lipinski definition) is 1. The Labute approximate surface area is 182 Å². The zero-order valence-electron chi connectivity index (χ0n) is 19.4. The van der Waals surface area contributed by atoms with E-state index in [-0.39, 0.29) is 11.3 Å². The molecule has 1 aliphatic rings. The molecule has 3 rings (SSSR count). The van der Waals surface area contributed by atoms with Crippen molar-refractivity contribution in [1.29, 1.82) is 0 Å². The van der Waals surface area contributed by atoms with Crippen LogP contribution in [0.4, 0.5) is 24.5 Å². The topological polar surface area (TPSA) is 50.2 Å². The van der Waals surface area contributed by atoms with E-state index in [0.29, 0.717) is 31.7 Å². The SMILES string of the molecule is CC.Cc1cc(N2CCn3nc(C(F)(F)F)cc3C2)cc(C)c1NC(=O)CC(C)(C)C. The van der Waals surface area contributed by atoms with Gasteiger partial charge in [0.15, 0.2) is 5.69 Å². The van der Waals surface area contributed by atoms with Crippen LogP contribution in [-0.2, 0) is 24.1 Å². The zero-order valence-corrected chi connectivity index (χ0v) is 19.4. The molecular weight excluding hydrogens is 405 g/mol. The number of aryl methyl sites for hydroxylation is 2. The van der Waals surface area contributed by atoms with Crippen molar-refractivity contribution >= 4 is 17.3 Å². The Kier molecular flexibility index (Phi) is 7.44. The van der Waals surface area contributed by atoms with Gasteiger partial charge in [0, 0.05) is 24.3 Å². The van der Waals surface area contributed by atoms with Crippen molar-refractivity contribution in [3.8, 4) is 0 Å². The summed E-state index contributed by atoms with van der Waals surface area (Å²) in [7, 11) is 0. The third-order valence-electron chi connectivity index (χ3n) is 4.93. The summed E-state index contributed by atoms with van der Waals surface area (Å²) < 4.78 is 40.2. The maximum absolute atomic E-state index is 12.9. The van der Waals surface area contributed by atoms with Crippen molar-refractivity contribution in [2.45, 2.75) is 74.2 Å². The molecule has 0 spiro atoms. The van der Waals surface area contributed by atoms with Gasteiger partial charge in [-0.25, -0.2) is 0 Å². The standard InChI is InChI=1S/C21H27F3N4O.C2H6/c1-13-8-15(9-14(2)19(13)25-18(29)11-20(3,4)5)27-6-7-28-16(12-27)10-17(26-28)21(22,23)24;1-2/h8-10H,6-7,11-12H2,1-5H3,(H,25,29);1-2H3. The van der Waals surface area contributed by atoms with Crippen molar-refractivity contribution in [2.75, 3.05) is 16.8 Å².